The second-order valence-electron chi connectivity index (χ2n) is 5.69. The van der Waals surface area contributed by atoms with Crippen molar-refractivity contribution in [1.29, 1.82) is 0 Å². The van der Waals surface area contributed by atoms with Gasteiger partial charge in [0.25, 0.3) is 5.91 Å². The number of anilines is 2. The summed E-state index contributed by atoms with van der Waals surface area (Å²) in [5, 5.41) is 6.99. The Morgan fingerprint density at radius 3 is 2.80 bits per heavy atom. The van der Waals surface area contributed by atoms with Gasteiger partial charge in [-0.25, -0.2) is 9.37 Å². The van der Waals surface area contributed by atoms with Crippen molar-refractivity contribution in [3.63, 3.8) is 0 Å². The zero-order chi connectivity index (χ0) is 17.8. The first-order chi connectivity index (χ1) is 12.0. The first-order valence-electron chi connectivity index (χ1n) is 7.74. The molecule has 1 aromatic carbocycles. The van der Waals surface area contributed by atoms with Gasteiger partial charge in [0, 0.05) is 38.6 Å². The van der Waals surface area contributed by atoms with E-state index >= 15 is 0 Å². The summed E-state index contributed by atoms with van der Waals surface area (Å²) >= 11 is 0. The molecule has 2 heterocycles. The van der Waals surface area contributed by atoms with Crippen LogP contribution in [-0.4, -0.2) is 32.6 Å². The van der Waals surface area contributed by atoms with Crippen molar-refractivity contribution in [3.05, 3.63) is 71.9 Å². The molecule has 0 aliphatic rings. The van der Waals surface area contributed by atoms with Gasteiger partial charge in [0.1, 0.15) is 11.6 Å². The lowest BCUT2D eigenvalue weighted by Crippen LogP contribution is -2.27. The van der Waals surface area contributed by atoms with E-state index in [0.717, 1.165) is 5.56 Å². The Kier molecular flexibility index (Phi) is 4.74. The van der Waals surface area contributed by atoms with Crippen LogP contribution in [0.3, 0.4) is 0 Å². The Labute approximate surface area is 144 Å². The highest BCUT2D eigenvalue weighted by molar-refractivity contribution is 5.99. The minimum atomic E-state index is -0.407. The van der Waals surface area contributed by atoms with Crippen molar-refractivity contribution >= 4 is 17.4 Å². The Hall–Kier alpha value is -3.22. The molecule has 3 rings (SSSR count). The average molecular weight is 339 g/mol. The standard InChI is InChI=1S/C18H18FN5O/c1-23(11-13-10-21-24(2)12-13)18(25)14-6-5-9-20-17(14)22-16-8-4-3-7-15(16)19/h3-10,12H,11H2,1-2H3,(H,20,22). The van der Waals surface area contributed by atoms with Crippen LogP contribution in [0, 0.1) is 5.82 Å². The number of amides is 1. The molecule has 1 N–H and O–H groups in total. The van der Waals surface area contributed by atoms with Crippen LogP contribution >= 0.6 is 0 Å². The third-order valence-electron chi connectivity index (χ3n) is 3.69. The van der Waals surface area contributed by atoms with Crippen LogP contribution in [0.25, 0.3) is 0 Å². The first-order valence-corrected chi connectivity index (χ1v) is 7.74. The molecule has 0 fully saturated rings. The van der Waals surface area contributed by atoms with E-state index in [1.165, 1.54) is 6.07 Å². The number of para-hydroxylation sites is 1. The van der Waals surface area contributed by atoms with E-state index < -0.39 is 5.82 Å². The van der Waals surface area contributed by atoms with Gasteiger partial charge < -0.3 is 10.2 Å². The molecule has 0 bridgehead atoms. The highest BCUT2D eigenvalue weighted by Gasteiger charge is 2.18. The average Bonchev–Trinajstić information content (AvgIpc) is 3.01. The Bertz CT molecular complexity index is 892. The van der Waals surface area contributed by atoms with Crippen molar-refractivity contribution in [3.8, 4) is 0 Å². The molecular weight excluding hydrogens is 321 g/mol. The second kappa shape index (κ2) is 7.12. The van der Waals surface area contributed by atoms with Gasteiger partial charge in [-0.1, -0.05) is 12.1 Å². The maximum Gasteiger partial charge on any atom is 0.257 e. The molecule has 25 heavy (non-hydrogen) atoms. The Morgan fingerprint density at radius 1 is 1.28 bits per heavy atom. The number of aryl methyl sites for hydroxylation is 1. The maximum atomic E-state index is 13.9. The molecular formula is C18H18FN5O. The number of aromatic nitrogens is 3. The predicted molar refractivity (Wildman–Crippen MR) is 92.9 cm³/mol. The van der Waals surface area contributed by atoms with Gasteiger partial charge in [-0.05, 0) is 24.3 Å². The quantitative estimate of drug-likeness (QED) is 0.776. The molecule has 0 aliphatic heterocycles. The molecule has 7 heteroatoms. The molecule has 1 amide bonds. The summed E-state index contributed by atoms with van der Waals surface area (Å²) in [7, 11) is 3.53. The van der Waals surface area contributed by atoms with Crippen molar-refractivity contribution in [1.82, 2.24) is 19.7 Å². The number of rotatable bonds is 5. The molecule has 3 aromatic rings. The molecule has 6 nitrogen and oxygen atoms in total. The van der Waals surface area contributed by atoms with Gasteiger partial charge in [-0.2, -0.15) is 5.10 Å². The number of hydrogen-bond donors (Lipinski definition) is 1. The lowest BCUT2D eigenvalue weighted by Gasteiger charge is -2.18. The van der Waals surface area contributed by atoms with Crippen molar-refractivity contribution in [2.75, 3.05) is 12.4 Å². The SMILES string of the molecule is CN(Cc1cnn(C)c1)C(=O)c1cccnc1Nc1ccccc1F. The summed E-state index contributed by atoms with van der Waals surface area (Å²) in [6.07, 6.45) is 5.12. The maximum absolute atomic E-state index is 13.9. The Morgan fingerprint density at radius 2 is 2.08 bits per heavy atom. The first kappa shape index (κ1) is 16.6. The molecule has 2 aromatic heterocycles. The van der Waals surface area contributed by atoms with Crippen LogP contribution < -0.4 is 5.32 Å². The van der Waals surface area contributed by atoms with Gasteiger partial charge in [0.05, 0.1) is 17.4 Å². The summed E-state index contributed by atoms with van der Waals surface area (Å²) in [6, 6.07) is 9.60. The van der Waals surface area contributed by atoms with Gasteiger partial charge in [0.2, 0.25) is 0 Å². The van der Waals surface area contributed by atoms with E-state index in [4.69, 9.17) is 0 Å². The van der Waals surface area contributed by atoms with Gasteiger partial charge in [0.15, 0.2) is 0 Å². The zero-order valence-corrected chi connectivity index (χ0v) is 14.0. The smallest absolute Gasteiger partial charge is 0.257 e. The van der Waals surface area contributed by atoms with Gasteiger partial charge in [-0.15, -0.1) is 0 Å². The number of halogens is 1. The third kappa shape index (κ3) is 3.82. The van der Waals surface area contributed by atoms with E-state index in [1.807, 2.05) is 13.2 Å². The lowest BCUT2D eigenvalue weighted by molar-refractivity contribution is 0.0785. The normalized spacial score (nSPS) is 10.5. The number of carbonyl (C=O) groups is 1. The van der Waals surface area contributed by atoms with E-state index in [0.29, 0.717) is 17.9 Å². The molecule has 0 atom stereocenters. The van der Waals surface area contributed by atoms with E-state index in [1.54, 1.807) is 59.4 Å². The monoisotopic (exact) mass is 339 g/mol. The minimum absolute atomic E-state index is 0.212. The van der Waals surface area contributed by atoms with Crippen LogP contribution in [0.2, 0.25) is 0 Å². The number of carbonyl (C=O) groups excluding carboxylic acids is 1. The Balaban J connectivity index is 1.82. The van der Waals surface area contributed by atoms with Crippen molar-refractivity contribution < 1.29 is 9.18 Å². The number of pyridine rings is 1. The number of nitrogens with zero attached hydrogens (tertiary/aromatic N) is 4. The predicted octanol–water partition coefficient (Wildman–Crippen LogP) is 2.97. The highest BCUT2D eigenvalue weighted by atomic mass is 19.1. The molecule has 0 saturated carbocycles. The van der Waals surface area contributed by atoms with E-state index in [-0.39, 0.29) is 11.6 Å². The van der Waals surface area contributed by atoms with Gasteiger partial charge >= 0.3 is 0 Å². The molecule has 0 radical (unpaired) electrons. The van der Waals surface area contributed by atoms with Crippen LogP contribution in [0.5, 0.6) is 0 Å². The van der Waals surface area contributed by atoms with Crippen LogP contribution in [0.1, 0.15) is 15.9 Å². The number of benzene rings is 1. The fraction of sp³-hybridized carbons (Fsp3) is 0.167. The fourth-order valence-corrected chi connectivity index (χ4v) is 2.47. The summed E-state index contributed by atoms with van der Waals surface area (Å²) in [4.78, 5) is 18.5. The minimum Gasteiger partial charge on any atom is -0.337 e. The fourth-order valence-electron chi connectivity index (χ4n) is 2.47. The van der Waals surface area contributed by atoms with Crippen LogP contribution in [-0.2, 0) is 13.6 Å². The molecule has 0 unspecified atom stereocenters. The van der Waals surface area contributed by atoms with Gasteiger partial charge in [-0.3, -0.25) is 9.48 Å². The summed E-state index contributed by atoms with van der Waals surface area (Å²) in [5.74, 6) is -0.304. The zero-order valence-electron chi connectivity index (χ0n) is 14.0. The third-order valence-corrected chi connectivity index (χ3v) is 3.69. The van der Waals surface area contributed by atoms with Crippen molar-refractivity contribution in [2.24, 2.45) is 7.05 Å². The molecule has 0 saturated heterocycles. The molecule has 0 spiro atoms. The largest absolute Gasteiger partial charge is 0.337 e. The van der Waals surface area contributed by atoms with Crippen LogP contribution in [0.4, 0.5) is 15.9 Å². The van der Waals surface area contributed by atoms with E-state index in [9.17, 15) is 9.18 Å². The lowest BCUT2D eigenvalue weighted by atomic mass is 10.2. The summed E-state index contributed by atoms with van der Waals surface area (Å²) < 4.78 is 15.5. The topological polar surface area (TPSA) is 63.1 Å². The molecule has 0 aliphatic carbocycles. The van der Waals surface area contributed by atoms with Crippen molar-refractivity contribution in [2.45, 2.75) is 6.54 Å². The van der Waals surface area contributed by atoms with E-state index in [2.05, 4.69) is 15.4 Å². The summed E-state index contributed by atoms with van der Waals surface area (Å²) in [6.45, 7) is 0.417. The highest BCUT2D eigenvalue weighted by Crippen LogP contribution is 2.22. The number of nitrogens with one attached hydrogen (secondary N) is 1. The molecule has 128 valence electrons. The summed E-state index contributed by atoms with van der Waals surface area (Å²) in [5.41, 5.74) is 1.56. The second-order valence-corrected chi connectivity index (χ2v) is 5.69. The van der Waals surface area contributed by atoms with Crippen LogP contribution in [0.15, 0.2) is 55.0 Å². The number of hydrogen-bond acceptors (Lipinski definition) is 4.